The predicted octanol–water partition coefficient (Wildman–Crippen LogP) is 2.40. The highest BCUT2D eigenvalue weighted by Gasteiger charge is 2.20. The van der Waals surface area contributed by atoms with E-state index in [9.17, 15) is 4.79 Å². The van der Waals surface area contributed by atoms with Crippen LogP contribution in [0.15, 0.2) is 12.3 Å². The lowest BCUT2D eigenvalue weighted by Gasteiger charge is -2.29. The molecule has 0 aliphatic carbocycles. The molecule has 1 aromatic rings. The summed E-state index contributed by atoms with van der Waals surface area (Å²) in [4.78, 5) is 15.2. The summed E-state index contributed by atoms with van der Waals surface area (Å²) in [5.74, 6) is 0.611. The molecule has 0 bridgehead atoms. The van der Waals surface area contributed by atoms with Crippen LogP contribution in [-0.2, 0) is 4.79 Å². The normalized spacial score (nSPS) is 16.9. The van der Waals surface area contributed by atoms with Crippen molar-refractivity contribution in [2.75, 3.05) is 13.1 Å². The zero-order chi connectivity index (χ0) is 12.3. The number of hydrogen-bond donors (Lipinski definition) is 1. The second-order valence-electron chi connectivity index (χ2n) is 3.97. The maximum absolute atomic E-state index is 10.6. The molecule has 2 rings (SSSR count). The van der Waals surface area contributed by atoms with Crippen LogP contribution in [0, 0.1) is 4.64 Å². The highest BCUT2D eigenvalue weighted by Crippen LogP contribution is 2.26. The number of carbonyl (C=O) groups excluding carboxylic acids is 1. The number of likely N-dealkylation sites (tertiary alicyclic amines) is 1. The van der Waals surface area contributed by atoms with Crippen molar-refractivity contribution in [1.29, 1.82) is 0 Å². The van der Waals surface area contributed by atoms with Crippen LogP contribution in [0.4, 0.5) is 0 Å². The van der Waals surface area contributed by atoms with Crippen LogP contribution < -0.4 is 4.74 Å². The van der Waals surface area contributed by atoms with E-state index < -0.39 is 0 Å². The molecule has 1 amide bonds. The van der Waals surface area contributed by atoms with Gasteiger partial charge >= 0.3 is 0 Å². The minimum Gasteiger partial charge on any atom is -0.489 e. The Hall–Kier alpha value is -1.07. The number of ether oxygens (including phenoxy) is 1. The number of amides is 1. The summed E-state index contributed by atoms with van der Waals surface area (Å²) >= 11 is 11.0. The van der Waals surface area contributed by atoms with Crippen molar-refractivity contribution >= 4 is 30.2 Å². The number of H-pyrrole nitrogens is 1. The van der Waals surface area contributed by atoms with Gasteiger partial charge in [-0.1, -0.05) is 23.8 Å². The molecule has 1 fully saturated rings. The number of aromatic amines is 1. The maximum Gasteiger partial charge on any atom is 0.209 e. The number of halogens is 1. The maximum atomic E-state index is 10.6. The minimum atomic E-state index is 0.0977. The third-order valence-electron chi connectivity index (χ3n) is 2.76. The first-order valence-electron chi connectivity index (χ1n) is 5.43. The van der Waals surface area contributed by atoms with Gasteiger partial charge in [0.05, 0.1) is 5.02 Å². The summed E-state index contributed by atoms with van der Waals surface area (Å²) in [5.41, 5.74) is 0. The number of rotatable bonds is 3. The van der Waals surface area contributed by atoms with Crippen molar-refractivity contribution in [3.63, 3.8) is 0 Å². The molecule has 0 aromatic carbocycles. The molecule has 0 spiro atoms. The Kier molecular flexibility index (Phi) is 4.02. The predicted molar refractivity (Wildman–Crippen MR) is 67.9 cm³/mol. The van der Waals surface area contributed by atoms with Gasteiger partial charge in [0.25, 0.3) is 0 Å². The average molecular weight is 273 g/mol. The highest BCUT2D eigenvalue weighted by molar-refractivity contribution is 7.71. The van der Waals surface area contributed by atoms with E-state index in [4.69, 9.17) is 28.6 Å². The zero-order valence-electron chi connectivity index (χ0n) is 9.19. The number of carbonyl (C=O) groups is 1. The Morgan fingerprint density at radius 2 is 2.24 bits per heavy atom. The average Bonchev–Trinajstić information content (AvgIpc) is 2.35. The van der Waals surface area contributed by atoms with E-state index in [1.54, 1.807) is 17.2 Å². The Balaban J connectivity index is 2.00. The third-order valence-corrected chi connectivity index (χ3v) is 3.29. The molecule has 2 heterocycles. The van der Waals surface area contributed by atoms with Crippen LogP contribution in [0.5, 0.6) is 5.75 Å². The largest absolute Gasteiger partial charge is 0.489 e. The molecule has 0 unspecified atom stereocenters. The molecular formula is C11H13ClN2O2S. The fourth-order valence-corrected chi connectivity index (χ4v) is 2.12. The molecular weight excluding hydrogens is 260 g/mol. The summed E-state index contributed by atoms with van der Waals surface area (Å²) < 4.78 is 6.39. The van der Waals surface area contributed by atoms with E-state index in [0.717, 1.165) is 32.3 Å². The molecule has 1 aliphatic rings. The molecule has 1 aliphatic heterocycles. The number of nitrogens with one attached hydrogen (secondary N) is 1. The van der Waals surface area contributed by atoms with Crippen molar-refractivity contribution in [2.45, 2.75) is 18.9 Å². The van der Waals surface area contributed by atoms with Crippen LogP contribution in [0.25, 0.3) is 0 Å². The van der Waals surface area contributed by atoms with Crippen molar-refractivity contribution in [3.05, 3.63) is 21.9 Å². The van der Waals surface area contributed by atoms with Gasteiger partial charge in [-0.05, 0) is 0 Å². The Labute approximate surface area is 110 Å². The Morgan fingerprint density at radius 1 is 1.53 bits per heavy atom. The van der Waals surface area contributed by atoms with Gasteiger partial charge in [0.1, 0.15) is 16.5 Å². The van der Waals surface area contributed by atoms with Crippen molar-refractivity contribution in [2.24, 2.45) is 0 Å². The minimum absolute atomic E-state index is 0.0977. The number of aromatic nitrogens is 1. The molecule has 0 saturated carbocycles. The quantitative estimate of drug-likeness (QED) is 0.679. The van der Waals surface area contributed by atoms with E-state index >= 15 is 0 Å². The summed E-state index contributed by atoms with van der Waals surface area (Å²) in [6, 6.07) is 1.71. The zero-order valence-corrected chi connectivity index (χ0v) is 10.8. The standard InChI is InChI=1S/C11H13ClN2O2S/c12-9-6-13-11(17)5-10(9)16-8-1-3-14(7-15)4-2-8/h5-8H,1-4H2,(H,13,17). The van der Waals surface area contributed by atoms with E-state index in [1.165, 1.54) is 0 Å². The van der Waals surface area contributed by atoms with E-state index in [2.05, 4.69) is 4.98 Å². The van der Waals surface area contributed by atoms with Gasteiger partial charge in [0.2, 0.25) is 6.41 Å². The van der Waals surface area contributed by atoms with Crippen LogP contribution >= 0.6 is 23.8 Å². The Morgan fingerprint density at radius 3 is 2.88 bits per heavy atom. The molecule has 6 heteroatoms. The molecule has 4 nitrogen and oxygen atoms in total. The molecule has 0 atom stereocenters. The lowest BCUT2D eigenvalue weighted by molar-refractivity contribution is -0.119. The van der Waals surface area contributed by atoms with Crippen LogP contribution in [-0.4, -0.2) is 35.5 Å². The Bertz CT molecular complexity index is 455. The van der Waals surface area contributed by atoms with E-state index in [0.29, 0.717) is 15.4 Å². The van der Waals surface area contributed by atoms with Gasteiger partial charge in [-0.2, -0.15) is 0 Å². The van der Waals surface area contributed by atoms with E-state index in [-0.39, 0.29) is 6.10 Å². The number of pyridine rings is 1. The fourth-order valence-electron chi connectivity index (χ4n) is 1.80. The molecule has 17 heavy (non-hydrogen) atoms. The van der Waals surface area contributed by atoms with Gasteiger partial charge in [-0.25, -0.2) is 0 Å². The first-order chi connectivity index (χ1) is 8.19. The van der Waals surface area contributed by atoms with Crippen molar-refractivity contribution in [3.8, 4) is 5.75 Å². The van der Waals surface area contributed by atoms with Gasteiger partial charge in [-0.15, -0.1) is 0 Å². The second kappa shape index (κ2) is 5.51. The van der Waals surface area contributed by atoms with Gasteiger partial charge in [-0.3, -0.25) is 4.79 Å². The van der Waals surface area contributed by atoms with Crippen LogP contribution in [0.2, 0.25) is 5.02 Å². The van der Waals surface area contributed by atoms with Crippen molar-refractivity contribution < 1.29 is 9.53 Å². The number of piperidine rings is 1. The summed E-state index contributed by atoms with van der Waals surface area (Å²) in [5, 5.41) is 0.524. The first kappa shape index (κ1) is 12.4. The van der Waals surface area contributed by atoms with Gasteiger partial charge in [0, 0.05) is 38.2 Å². The smallest absolute Gasteiger partial charge is 0.209 e. The summed E-state index contributed by atoms with van der Waals surface area (Å²) in [6.45, 7) is 1.46. The monoisotopic (exact) mass is 272 g/mol. The SMILES string of the molecule is O=CN1CCC(Oc2cc(=S)[nH]cc2Cl)CC1. The lowest BCUT2D eigenvalue weighted by Crippen LogP contribution is -2.37. The number of hydrogen-bond acceptors (Lipinski definition) is 3. The molecule has 1 N–H and O–H groups in total. The molecule has 0 radical (unpaired) electrons. The molecule has 1 saturated heterocycles. The van der Waals surface area contributed by atoms with Crippen molar-refractivity contribution in [1.82, 2.24) is 9.88 Å². The number of nitrogens with zero attached hydrogens (tertiary/aromatic N) is 1. The fraction of sp³-hybridized carbons (Fsp3) is 0.455. The van der Waals surface area contributed by atoms with Crippen LogP contribution in [0.3, 0.4) is 0 Å². The topological polar surface area (TPSA) is 45.3 Å². The molecule has 92 valence electrons. The summed E-state index contributed by atoms with van der Waals surface area (Å²) in [6.07, 6.45) is 4.24. The first-order valence-corrected chi connectivity index (χ1v) is 6.22. The van der Waals surface area contributed by atoms with E-state index in [1.807, 2.05) is 0 Å². The van der Waals surface area contributed by atoms with Gasteiger partial charge in [0.15, 0.2) is 0 Å². The summed E-state index contributed by atoms with van der Waals surface area (Å²) in [7, 11) is 0. The second-order valence-corrected chi connectivity index (χ2v) is 4.82. The van der Waals surface area contributed by atoms with Gasteiger partial charge < -0.3 is 14.6 Å². The molecule has 1 aromatic heterocycles. The third kappa shape index (κ3) is 3.20. The van der Waals surface area contributed by atoms with Crippen LogP contribution in [0.1, 0.15) is 12.8 Å². The lowest BCUT2D eigenvalue weighted by atomic mass is 10.1. The highest BCUT2D eigenvalue weighted by atomic mass is 35.5.